The van der Waals surface area contributed by atoms with Crippen molar-refractivity contribution in [1.82, 2.24) is 0 Å². The summed E-state index contributed by atoms with van der Waals surface area (Å²) in [6.07, 6.45) is -0.734. The molecule has 34 heavy (non-hydrogen) atoms. The first-order chi connectivity index (χ1) is 16.5. The first kappa shape index (κ1) is 21.7. The lowest BCUT2D eigenvalue weighted by Gasteiger charge is -2.28. The Morgan fingerprint density at radius 1 is 0.853 bits per heavy atom. The zero-order valence-corrected chi connectivity index (χ0v) is 18.8. The molecule has 0 saturated carbocycles. The highest BCUT2D eigenvalue weighted by Crippen LogP contribution is 2.44. The topological polar surface area (TPSA) is 66.8 Å². The van der Waals surface area contributed by atoms with Crippen LogP contribution in [0.25, 0.3) is 21.9 Å². The molecule has 1 aliphatic rings. The van der Waals surface area contributed by atoms with Crippen molar-refractivity contribution in [3.8, 4) is 11.1 Å². The van der Waals surface area contributed by atoms with Gasteiger partial charge in [-0.05, 0) is 52.1 Å². The zero-order chi connectivity index (χ0) is 23.7. The lowest BCUT2D eigenvalue weighted by atomic mass is 9.98. The first-order valence-electron chi connectivity index (χ1n) is 11.4. The number of anilines is 1. The molecular weight excluding hydrogens is 426 g/mol. The van der Waals surface area contributed by atoms with Crippen LogP contribution in [-0.2, 0) is 9.53 Å². The van der Waals surface area contributed by atoms with Crippen LogP contribution >= 0.6 is 0 Å². The van der Waals surface area contributed by atoms with Gasteiger partial charge in [-0.15, -0.1) is 0 Å². The van der Waals surface area contributed by atoms with Crippen molar-refractivity contribution in [3.63, 3.8) is 0 Å². The lowest BCUT2D eigenvalue weighted by molar-refractivity contribution is -0.137. The van der Waals surface area contributed by atoms with Gasteiger partial charge in [0.05, 0.1) is 6.42 Å². The number of carbonyl (C=O) groups is 2. The Hall–Kier alpha value is -4.12. The van der Waals surface area contributed by atoms with Crippen LogP contribution in [0.1, 0.15) is 30.4 Å². The molecular formula is C29H25NO4. The van der Waals surface area contributed by atoms with Gasteiger partial charge in [-0.2, -0.15) is 0 Å². The predicted octanol–water partition coefficient (Wildman–Crippen LogP) is 6.46. The van der Waals surface area contributed by atoms with Gasteiger partial charge in [-0.25, -0.2) is 4.79 Å². The largest absolute Gasteiger partial charge is 0.481 e. The zero-order valence-electron chi connectivity index (χ0n) is 18.8. The number of nitrogens with zero attached hydrogens (tertiary/aromatic N) is 1. The number of aliphatic carboxylic acids is 1. The highest BCUT2D eigenvalue weighted by Gasteiger charge is 2.31. The Morgan fingerprint density at radius 3 is 2.09 bits per heavy atom. The third-order valence-corrected chi connectivity index (χ3v) is 6.45. The van der Waals surface area contributed by atoms with Crippen LogP contribution in [0.4, 0.5) is 10.5 Å². The molecule has 0 radical (unpaired) electrons. The van der Waals surface area contributed by atoms with Crippen LogP contribution < -0.4 is 4.90 Å². The highest BCUT2D eigenvalue weighted by atomic mass is 16.6. The normalized spacial score (nSPS) is 13.2. The smallest absolute Gasteiger partial charge is 0.414 e. The van der Waals surface area contributed by atoms with E-state index >= 15 is 0 Å². The summed E-state index contributed by atoms with van der Waals surface area (Å²) in [4.78, 5) is 26.3. The summed E-state index contributed by atoms with van der Waals surface area (Å²) in [6, 6.07) is 29.3. The van der Waals surface area contributed by atoms with Gasteiger partial charge in [0.15, 0.2) is 0 Å². The highest BCUT2D eigenvalue weighted by molar-refractivity contribution is 5.94. The van der Waals surface area contributed by atoms with E-state index in [0.717, 1.165) is 33.0 Å². The Morgan fingerprint density at radius 2 is 1.44 bits per heavy atom. The molecule has 0 aromatic heterocycles. The van der Waals surface area contributed by atoms with E-state index in [-0.39, 0.29) is 18.9 Å². The van der Waals surface area contributed by atoms with E-state index in [9.17, 15) is 14.7 Å². The maximum Gasteiger partial charge on any atom is 0.414 e. The minimum absolute atomic E-state index is 0.0652. The number of carboxylic acids is 1. The van der Waals surface area contributed by atoms with E-state index in [2.05, 4.69) is 24.3 Å². The number of ether oxygens (including phenoxy) is 1. The molecule has 5 nitrogen and oxygen atoms in total. The summed E-state index contributed by atoms with van der Waals surface area (Å²) in [7, 11) is 0. The molecule has 1 amide bonds. The number of carbonyl (C=O) groups excluding carboxylic acids is 1. The number of carboxylic acid groups (broad SMARTS) is 1. The number of rotatable bonds is 6. The van der Waals surface area contributed by atoms with Crippen LogP contribution in [0.3, 0.4) is 0 Å². The van der Waals surface area contributed by atoms with Gasteiger partial charge in [0.2, 0.25) is 0 Å². The molecule has 5 heteroatoms. The molecule has 0 heterocycles. The minimum Gasteiger partial charge on any atom is -0.481 e. The SMILES string of the molecule is C[C@H](CC(=O)O)N(C(=O)OCC1c2ccccc2-c2ccccc21)c1ccc2ccccc2c1. The Balaban J connectivity index is 1.43. The number of hydrogen-bond acceptors (Lipinski definition) is 3. The fourth-order valence-corrected chi connectivity index (χ4v) is 4.87. The van der Waals surface area contributed by atoms with Crippen molar-refractivity contribution in [3.05, 3.63) is 102 Å². The summed E-state index contributed by atoms with van der Waals surface area (Å²) in [5.41, 5.74) is 5.19. The molecule has 0 fully saturated rings. The minimum atomic E-state index is -0.968. The quantitative estimate of drug-likeness (QED) is 0.365. The molecule has 0 unspecified atom stereocenters. The molecule has 1 atom stereocenters. The van der Waals surface area contributed by atoms with E-state index in [1.165, 1.54) is 4.90 Å². The van der Waals surface area contributed by atoms with Crippen molar-refractivity contribution >= 4 is 28.5 Å². The molecule has 0 spiro atoms. The molecule has 0 aliphatic heterocycles. The molecule has 0 bridgehead atoms. The van der Waals surface area contributed by atoms with Gasteiger partial charge in [0.1, 0.15) is 6.61 Å². The predicted molar refractivity (Wildman–Crippen MR) is 133 cm³/mol. The van der Waals surface area contributed by atoms with Gasteiger partial charge >= 0.3 is 12.1 Å². The second kappa shape index (κ2) is 9.02. The molecule has 4 aromatic rings. The van der Waals surface area contributed by atoms with E-state index in [4.69, 9.17) is 4.74 Å². The van der Waals surface area contributed by atoms with E-state index < -0.39 is 18.1 Å². The van der Waals surface area contributed by atoms with E-state index in [1.807, 2.05) is 66.7 Å². The van der Waals surface area contributed by atoms with E-state index in [1.54, 1.807) is 6.92 Å². The Kier molecular flexibility index (Phi) is 5.76. The van der Waals surface area contributed by atoms with Crippen LogP contribution in [0, 0.1) is 0 Å². The van der Waals surface area contributed by atoms with Crippen molar-refractivity contribution in [2.24, 2.45) is 0 Å². The van der Waals surface area contributed by atoms with Crippen LogP contribution in [0.5, 0.6) is 0 Å². The van der Waals surface area contributed by atoms with Crippen molar-refractivity contribution in [1.29, 1.82) is 0 Å². The Bertz CT molecular complexity index is 1330. The third-order valence-electron chi connectivity index (χ3n) is 6.45. The van der Waals surface area contributed by atoms with Crippen molar-refractivity contribution in [2.75, 3.05) is 11.5 Å². The standard InChI is InChI=1S/C29H25NO4/c1-19(16-28(31)32)30(22-15-14-20-8-2-3-9-21(20)17-22)29(33)34-18-27-25-12-6-4-10-23(25)24-11-5-7-13-26(24)27/h2-15,17,19,27H,16,18H2,1H3,(H,31,32)/t19-/m1/s1. The van der Waals surface area contributed by atoms with E-state index in [0.29, 0.717) is 5.69 Å². The Labute approximate surface area is 198 Å². The van der Waals surface area contributed by atoms with Crippen LogP contribution in [0.2, 0.25) is 0 Å². The van der Waals surface area contributed by atoms with Crippen LogP contribution in [-0.4, -0.2) is 29.8 Å². The molecule has 5 rings (SSSR count). The number of hydrogen-bond donors (Lipinski definition) is 1. The molecule has 1 aliphatic carbocycles. The maximum absolute atomic E-state index is 13.4. The first-order valence-corrected chi connectivity index (χ1v) is 11.4. The van der Waals surface area contributed by atoms with Crippen molar-refractivity contribution < 1.29 is 19.4 Å². The lowest BCUT2D eigenvalue weighted by Crippen LogP contribution is -2.41. The molecule has 0 saturated heterocycles. The second-order valence-electron chi connectivity index (χ2n) is 8.65. The average molecular weight is 452 g/mol. The maximum atomic E-state index is 13.4. The number of benzene rings is 4. The van der Waals surface area contributed by atoms with Gasteiger partial charge in [-0.1, -0.05) is 78.9 Å². The molecule has 170 valence electrons. The summed E-state index contributed by atoms with van der Waals surface area (Å²) >= 11 is 0. The summed E-state index contributed by atoms with van der Waals surface area (Å²) in [6.45, 7) is 1.90. The monoisotopic (exact) mass is 451 g/mol. The fraction of sp³-hybridized carbons (Fsp3) is 0.172. The fourth-order valence-electron chi connectivity index (χ4n) is 4.87. The molecule has 1 N–H and O–H groups in total. The van der Waals surface area contributed by atoms with Gasteiger partial charge < -0.3 is 9.84 Å². The number of amides is 1. The van der Waals surface area contributed by atoms with Gasteiger partial charge in [0, 0.05) is 17.6 Å². The summed E-state index contributed by atoms with van der Waals surface area (Å²) in [5.74, 6) is -1.03. The van der Waals surface area contributed by atoms with Crippen molar-refractivity contribution in [2.45, 2.75) is 25.3 Å². The average Bonchev–Trinajstić information content (AvgIpc) is 3.16. The third kappa shape index (κ3) is 4.01. The number of fused-ring (bicyclic) bond motifs is 4. The van der Waals surface area contributed by atoms with Crippen LogP contribution in [0.15, 0.2) is 91.0 Å². The van der Waals surface area contributed by atoms with Gasteiger partial charge in [-0.3, -0.25) is 9.69 Å². The molecule has 4 aromatic carbocycles. The second-order valence-corrected chi connectivity index (χ2v) is 8.65. The van der Waals surface area contributed by atoms with Gasteiger partial charge in [0.25, 0.3) is 0 Å². The summed E-state index contributed by atoms with van der Waals surface area (Å²) < 4.78 is 5.87. The summed E-state index contributed by atoms with van der Waals surface area (Å²) in [5, 5.41) is 11.4.